The maximum atomic E-state index is 13.4. The molecular weight excluding hydrogens is 418 g/mol. The standard InChI is InChI=1S/C22H27N3O5S/c1-17(16-26)25-13-12-22(23-25)31(27,28)24(14-18-4-8-20(29-2)9-5-18)15-19-6-10-21(30-3)11-7-19/h4-13,17,26H,14-16H2,1-3H3. The van der Waals surface area contributed by atoms with Crippen LogP contribution in [0.4, 0.5) is 0 Å². The van der Waals surface area contributed by atoms with Crippen LogP contribution >= 0.6 is 0 Å². The molecule has 1 aromatic heterocycles. The molecule has 0 radical (unpaired) electrons. The van der Waals surface area contributed by atoms with E-state index in [2.05, 4.69) is 5.10 Å². The summed E-state index contributed by atoms with van der Waals surface area (Å²) < 4.78 is 40.1. The molecule has 0 spiro atoms. The van der Waals surface area contributed by atoms with Gasteiger partial charge in [-0.05, 0) is 48.4 Å². The molecule has 1 atom stereocenters. The van der Waals surface area contributed by atoms with Crippen molar-refractivity contribution in [1.29, 1.82) is 0 Å². The Balaban J connectivity index is 1.93. The Labute approximate surface area is 182 Å². The van der Waals surface area contributed by atoms with Crippen LogP contribution in [0.1, 0.15) is 24.1 Å². The van der Waals surface area contributed by atoms with Crippen molar-refractivity contribution in [2.45, 2.75) is 31.1 Å². The molecule has 0 amide bonds. The molecule has 0 saturated heterocycles. The third kappa shape index (κ3) is 5.43. The molecular formula is C22H27N3O5S. The zero-order valence-corrected chi connectivity index (χ0v) is 18.6. The van der Waals surface area contributed by atoms with Gasteiger partial charge in [-0.25, -0.2) is 8.42 Å². The number of rotatable bonds is 10. The average Bonchev–Trinajstić information content (AvgIpc) is 3.30. The minimum absolute atomic E-state index is 0.0603. The summed E-state index contributed by atoms with van der Waals surface area (Å²) in [4.78, 5) is 0. The highest BCUT2D eigenvalue weighted by Gasteiger charge is 2.28. The Bertz CT molecular complexity index is 1030. The van der Waals surface area contributed by atoms with Gasteiger partial charge in [0, 0.05) is 19.3 Å². The van der Waals surface area contributed by atoms with E-state index in [0.717, 1.165) is 11.1 Å². The Hall–Kier alpha value is -2.88. The molecule has 31 heavy (non-hydrogen) atoms. The molecule has 166 valence electrons. The van der Waals surface area contributed by atoms with Crippen LogP contribution in [0.2, 0.25) is 0 Å². The second kappa shape index (κ2) is 9.95. The number of methoxy groups -OCH3 is 2. The van der Waals surface area contributed by atoms with Gasteiger partial charge in [0.1, 0.15) is 11.5 Å². The van der Waals surface area contributed by atoms with E-state index in [0.29, 0.717) is 11.5 Å². The molecule has 8 nitrogen and oxygen atoms in total. The van der Waals surface area contributed by atoms with Crippen LogP contribution in [0.25, 0.3) is 0 Å². The Kier molecular flexibility index (Phi) is 7.32. The van der Waals surface area contributed by atoms with Crippen molar-refractivity contribution in [1.82, 2.24) is 14.1 Å². The summed E-state index contributed by atoms with van der Waals surface area (Å²) in [6.45, 7) is 1.96. The summed E-state index contributed by atoms with van der Waals surface area (Å²) in [5.41, 5.74) is 1.64. The lowest BCUT2D eigenvalue weighted by Crippen LogP contribution is -2.31. The van der Waals surface area contributed by atoms with Crippen LogP contribution < -0.4 is 9.47 Å². The van der Waals surface area contributed by atoms with Crippen molar-refractivity contribution in [3.8, 4) is 11.5 Å². The monoisotopic (exact) mass is 445 g/mol. The summed E-state index contributed by atoms with van der Waals surface area (Å²) in [6, 6.07) is 15.7. The quantitative estimate of drug-likeness (QED) is 0.516. The molecule has 3 aromatic rings. The fourth-order valence-corrected chi connectivity index (χ4v) is 4.35. The van der Waals surface area contributed by atoms with E-state index in [9.17, 15) is 13.5 Å². The minimum atomic E-state index is -3.89. The topological polar surface area (TPSA) is 93.9 Å². The van der Waals surface area contributed by atoms with Crippen LogP contribution in [0.3, 0.4) is 0 Å². The molecule has 0 saturated carbocycles. The van der Waals surface area contributed by atoms with Gasteiger partial charge in [-0.3, -0.25) is 4.68 Å². The Morgan fingerprint density at radius 2 is 1.42 bits per heavy atom. The average molecular weight is 446 g/mol. The first kappa shape index (κ1) is 22.8. The molecule has 3 rings (SSSR count). The molecule has 9 heteroatoms. The van der Waals surface area contributed by atoms with Crippen molar-refractivity contribution in [3.05, 3.63) is 71.9 Å². The number of ether oxygens (including phenoxy) is 2. The molecule has 0 aliphatic carbocycles. The van der Waals surface area contributed by atoms with E-state index in [-0.39, 0.29) is 30.8 Å². The molecule has 1 unspecified atom stereocenters. The number of nitrogens with zero attached hydrogens (tertiary/aromatic N) is 3. The zero-order valence-electron chi connectivity index (χ0n) is 17.8. The van der Waals surface area contributed by atoms with Crippen molar-refractivity contribution in [2.24, 2.45) is 0 Å². The zero-order chi connectivity index (χ0) is 22.4. The van der Waals surface area contributed by atoms with E-state index >= 15 is 0 Å². The molecule has 1 N–H and O–H groups in total. The number of aliphatic hydroxyl groups is 1. The second-order valence-corrected chi connectivity index (χ2v) is 9.02. The first-order chi connectivity index (χ1) is 14.9. The van der Waals surface area contributed by atoms with E-state index in [1.54, 1.807) is 51.6 Å². The van der Waals surface area contributed by atoms with Gasteiger partial charge in [0.05, 0.1) is 26.9 Å². The first-order valence-electron chi connectivity index (χ1n) is 9.79. The van der Waals surface area contributed by atoms with Crippen LogP contribution in [0.5, 0.6) is 11.5 Å². The number of hydrogen-bond donors (Lipinski definition) is 1. The Morgan fingerprint density at radius 1 is 0.935 bits per heavy atom. The number of aromatic nitrogens is 2. The summed E-state index contributed by atoms with van der Waals surface area (Å²) in [6.07, 6.45) is 1.56. The van der Waals surface area contributed by atoms with Gasteiger partial charge >= 0.3 is 0 Å². The van der Waals surface area contributed by atoms with Crippen molar-refractivity contribution in [2.75, 3.05) is 20.8 Å². The lowest BCUT2D eigenvalue weighted by Gasteiger charge is -2.22. The van der Waals surface area contributed by atoms with Crippen molar-refractivity contribution in [3.63, 3.8) is 0 Å². The van der Waals surface area contributed by atoms with Crippen LogP contribution in [0.15, 0.2) is 65.8 Å². The van der Waals surface area contributed by atoms with Gasteiger partial charge in [-0.15, -0.1) is 0 Å². The predicted molar refractivity (Wildman–Crippen MR) is 116 cm³/mol. The molecule has 0 fully saturated rings. The first-order valence-corrected chi connectivity index (χ1v) is 11.2. The summed E-state index contributed by atoms with van der Waals surface area (Å²) in [5.74, 6) is 1.40. The van der Waals surface area contributed by atoms with E-state index < -0.39 is 10.0 Å². The van der Waals surface area contributed by atoms with Gasteiger partial charge in [0.15, 0.2) is 5.03 Å². The maximum Gasteiger partial charge on any atom is 0.262 e. The highest BCUT2D eigenvalue weighted by molar-refractivity contribution is 7.89. The fourth-order valence-electron chi connectivity index (χ4n) is 3.01. The molecule has 0 bridgehead atoms. The Morgan fingerprint density at radius 3 is 1.84 bits per heavy atom. The van der Waals surface area contributed by atoms with Gasteiger partial charge in [-0.1, -0.05) is 24.3 Å². The normalized spacial score (nSPS) is 12.7. The van der Waals surface area contributed by atoms with Gasteiger partial charge in [0.2, 0.25) is 0 Å². The minimum Gasteiger partial charge on any atom is -0.497 e. The number of hydrogen-bond acceptors (Lipinski definition) is 6. The van der Waals surface area contributed by atoms with Crippen LogP contribution in [0, 0.1) is 0 Å². The highest BCUT2D eigenvalue weighted by Crippen LogP contribution is 2.23. The van der Waals surface area contributed by atoms with Gasteiger partial charge in [-0.2, -0.15) is 9.40 Å². The molecule has 1 heterocycles. The largest absolute Gasteiger partial charge is 0.497 e. The van der Waals surface area contributed by atoms with E-state index in [4.69, 9.17) is 9.47 Å². The third-order valence-corrected chi connectivity index (χ3v) is 6.62. The van der Waals surface area contributed by atoms with Crippen LogP contribution in [-0.4, -0.2) is 48.4 Å². The smallest absolute Gasteiger partial charge is 0.262 e. The van der Waals surface area contributed by atoms with Crippen molar-refractivity contribution >= 4 is 10.0 Å². The summed E-state index contributed by atoms with van der Waals surface area (Å²) >= 11 is 0. The third-order valence-electron chi connectivity index (χ3n) is 4.94. The summed E-state index contributed by atoms with van der Waals surface area (Å²) in [5, 5.41) is 13.5. The fraction of sp³-hybridized carbons (Fsp3) is 0.318. The molecule has 2 aromatic carbocycles. The van der Waals surface area contributed by atoms with E-state index in [1.807, 2.05) is 24.3 Å². The molecule has 0 aliphatic heterocycles. The number of sulfonamides is 1. The summed E-state index contributed by atoms with van der Waals surface area (Å²) in [7, 11) is -0.728. The lowest BCUT2D eigenvalue weighted by atomic mass is 10.2. The number of aliphatic hydroxyl groups excluding tert-OH is 1. The molecule has 0 aliphatic rings. The van der Waals surface area contributed by atoms with Crippen LogP contribution in [-0.2, 0) is 23.1 Å². The highest BCUT2D eigenvalue weighted by atomic mass is 32.2. The number of benzene rings is 2. The van der Waals surface area contributed by atoms with Crippen molar-refractivity contribution < 1.29 is 23.0 Å². The van der Waals surface area contributed by atoms with Gasteiger partial charge in [0.25, 0.3) is 10.0 Å². The maximum absolute atomic E-state index is 13.4. The predicted octanol–water partition coefficient (Wildman–Crippen LogP) is 2.84. The SMILES string of the molecule is COc1ccc(CN(Cc2ccc(OC)cc2)S(=O)(=O)c2ccn(C(C)CO)n2)cc1. The second-order valence-electron chi connectivity index (χ2n) is 7.13. The lowest BCUT2D eigenvalue weighted by molar-refractivity contribution is 0.228. The van der Waals surface area contributed by atoms with Gasteiger partial charge < -0.3 is 14.6 Å². The van der Waals surface area contributed by atoms with E-state index in [1.165, 1.54) is 15.1 Å².